The maximum Gasteiger partial charge on any atom is 0.156 e. The van der Waals surface area contributed by atoms with Crippen molar-refractivity contribution in [2.45, 2.75) is 45.4 Å². The monoisotopic (exact) mass is 469 g/mol. The zero-order valence-corrected chi connectivity index (χ0v) is 19.0. The van der Waals surface area contributed by atoms with Gasteiger partial charge in [-0.3, -0.25) is 10.3 Å². The fourth-order valence-corrected chi connectivity index (χ4v) is 2.85. The molecule has 0 atom stereocenters. The van der Waals surface area contributed by atoms with Crippen molar-refractivity contribution in [2.75, 3.05) is 19.8 Å². The van der Waals surface area contributed by atoms with E-state index in [1.807, 2.05) is 6.20 Å². The molecule has 1 aromatic rings. The largest absolute Gasteiger partial charge is 0.490 e. The van der Waals surface area contributed by atoms with Crippen molar-refractivity contribution >= 4 is 46.4 Å². The summed E-state index contributed by atoms with van der Waals surface area (Å²) in [6.45, 7) is 3.56. The summed E-state index contributed by atoms with van der Waals surface area (Å²) in [5.41, 5.74) is 2.83. The molecule has 0 fully saturated rings. The lowest BCUT2D eigenvalue weighted by Crippen LogP contribution is -2.08. The number of hydroxylamine groups is 1. The topological polar surface area (TPSA) is 39.7 Å². The second-order valence-corrected chi connectivity index (χ2v) is 7.76. The van der Waals surface area contributed by atoms with Crippen LogP contribution in [-0.4, -0.2) is 19.8 Å². The molecule has 0 aromatic heterocycles. The minimum atomic E-state index is 0.141. The van der Waals surface area contributed by atoms with E-state index in [1.54, 1.807) is 12.1 Å². The number of unbranched alkanes of at least 4 members (excludes halogenated alkanes) is 4. The van der Waals surface area contributed by atoms with Crippen LogP contribution in [0.25, 0.3) is 0 Å². The van der Waals surface area contributed by atoms with Crippen molar-refractivity contribution in [3.63, 3.8) is 0 Å². The minimum Gasteiger partial charge on any atom is -0.490 e. The first-order valence-corrected chi connectivity index (χ1v) is 10.8. The third kappa shape index (κ3) is 11.9. The van der Waals surface area contributed by atoms with E-state index < -0.39 is 0 Å². The molecule has 4 nitrogen and oxygen atoms in total. The lowest BCUT2D eigenvalue weighted by atomic mass is 10.2. The summed E-state index contributed by atoms with van der Waals surface area (Å²) in [5.74, 6) is 0.971. The molecule has 158 valence electrons. The average Bonchev–Trinajstić information content (AvgIpc) is 2.64. The second-order valence-electron chi connectivity index (χ2n) is 5.94. The maximum atomic E-state index is 6.23. The molecule has 0 aliphatic rings. The summed E-state index contributed by atoms with van der Waals surface area (Å²) in [6.07, 6.45) is 11.7. The molecule has 0 aliphatic heterocycles. The van der Waals surface area contributed by atoms with Crippen molar-refractivity contribution in [1.29, 1.82) is 0 Å². The van der Waals surface area contributed by atoms with Gasteiger partial charge in [0.05, 0.1) is 23.3 Å². The number of hydrogen-bond acceptors (Lipinski definition) is 4. The summed E-state index contributed by atoms with van der Waals surface area (Å²) >= 11 is 23.5. The molecule has 0 saturated carbocycles. The van der Waals surface area contributed by atoms with E-state index in [4.69, 9.17) is 60.7 Å². The molecule has 0 spiro atoms. The Kier molecular flexibility index (Phi) is 14.5. The van der Waals surface area contributed by atoms with Gasteiger partial charge in [0, 0.05) is 18.3 Å². The number of ether oxygens (including phenoxy) is 2. The molecule has 28 heavy (non-hydrogen) atoms. The highest BCUT2D eigenvalue weighted by Gasteiger charge is 2.10. The van der Waals surface area contributed by atoms with Crippen LogP contribution in [0, 0.1) is 0 Å². The zero-order chi connectivity index (χ0) is 20.6. The van der Waals surface area contributed by atoms with E-state index >= 15 is 0 Å². The van der Waals surface area contributed by atoms with Crippen molar-refractivity contribution in [2.24, 2.45) is 0 Å². The van der Waals surface area contributed by atoms with Crippen LogP contribution in [0.15, 0.2) is 35.0 Å². The van der Waals surface area contributed by atoms with Crippen LogP contribution < -0.4 is 15.0 Å². The molecule has 0 saturated heterocycles. The van der Waals surface area contributed by atoms with E-state index in [0.29, 0.717) is 34.8 Å². The molecule has 0 radical (unpaired) electrons. The number of benzene rings is 1. The molecular weight excluding hydrogens is 444 g/mol. The second kappa shape index (κ2) is 16.1. The fourth-order valence-electron chi connectivity index (χ4n) is 2.15. The molecule has 0 unspecified atom stereocenters. The Morgan fingerprint density at radius 1 is 1.00 bits per heavy atom. The van der Waals surface area contributed by atoms with Crippen LogP contribution >= 0.6 is 46.4 Å². The molecule has 1 rings (SSSR count). The summed E-state index contributed by atoms with van der Waals surface area (Å²) in [5, 5.41) is 0.789. The van der Waals surface area contributed by atoms with Gasteiger partial charge in [0.25, 0.3) is 0 Å². The predicted octanol–water partition coefficient (Wildman–Crippen LogP) is 7.47. The Hall–Kier alpha value is -0.780. The van der Waals surface area contributed by atoms with Crippen molar-refractivity contribution in [1.82, 2.24) is 5.48 Å². The lowest BCUT2D eigenvalue weighted by molar-refractivity contribution is 0.0674. The summed E-state index contributed by atoms with van der Waals surface area (Å²) in [4.78, 5) is 5.32. The summed E-state index contributed by atoms with van der Waals surface area (Å²) < 4.78 is 11.3. The Balaban J connectivity index is 2.19. The van der Waals surface area contributed by atoms with Crippen LogP contribution in [0.4, 0.5) is 0 Å². The van der Waals surface area contributed by atoms with E-state index in [2.05, 4.69) is 18.5 Å². The minimum absolute atomic E-state index is 0.141. The molecular formula is C20H27Cl4NO3. The highest BCUT2D eigenvalue weighted by atomic mass is 35.5. The average molecular weight is 471 g/mol. The van der Waals surface area contributed by atoms with Gasteiger partial charge < -0.3 is 9.47 Å². The Labute approximate surface area is 187 Å². The van der Waals surface area contributed by atoms with Gasteiger partial charge in [-0.15, -0.1) is 0 Å². The van der Waals surface area contributed by atoms with Gasteiger partial charge >= 0.3 is 0 Å². The fraction of sp³-hybridized carbons (Fsp3) is 0.500. The number of rotatable bonds is 15. The SMILES string of the molecule is CCCCC=CNOCCCCCOc1c(Cl)cc(OCC=C(Cl)Cl)cc1Cl. The van der Waals surface area contributed by atoms with Crippen LogP contribution in [0.5, 0.6) is 11.5 Å². The standard InChI is InChI=1S/C20H27Cl4NO3/c1-2-3-4-6-10-25-28-12-8-5-7-11-27-20-17(21)14-16(15-18(20)22)26-13-9-19(23)24/h6,9-10,14-15,25H,2-5,7-8,11-13H2,1H3. The van der Waals surface area contributed by atoms with Gasteiger partial charge in [-0.2, -0.15) is 0 Å². The van der Waals surface area contributed by atoms with Gasteiger partial charge in [0.2, 0.25) is 0 Å². The molecule has 1 N–H and O–H groups in total. The van der Waals surface area contributed by atoms with Crippen LogP contribution in [0.1, 0.15) is 45.4 Å². The summed E-state index contributed by atoms with van der Waals surface area (Å²) in [7, 11) is 0. The Bertz CT molecular complexity index is 596. The Morgan fingerprint density at radius 3 is 2.39 bits per heavy atom. The molecule has 0 bridgehead atoms. The maximum absolute atomic E-state index is 6.23. The lowest BCUT2D eigenvalue weighted by Gasteiger charge is -2.12. The quantitative estimate of drug-likeness (QED) is 0.213. The predicted molar refractivity (Wildman–Crippen MR) is 119 cm³/mol. The van der Waals surface area contributed by atoms with Gasteiger partial charge in [0.15, 0.2) is 5.75 Å². The van der Waals surface area contributed by atoms with E-state index in [1.165, 1.54) is 18.9 Å². The third-order valence-electron chi connectivity index (χ3n) is 3.59. The Morgan fingerprint density at radius 2 is 1.71 bits per heavy atom. The van der Waals surface area contributed by atoms with Gasteiger partial charge in [-0.25, -0.2) is 0 Å². The van der Waals surface area contributed by atoms with E-state index in [-0.39, 0.29) is 11.1 Å². The van der Waals surface area contributed by atoms with Gasteiger partial charge in [-0.05, 0) is 31.8 Å². The van der Waals surface area contributed by atoms with Crippen molar-refractivity contribution in [3.8, 4) is 11.5 Å². The number of hydrogen-bond donors (Lipinski definition) is 1. The first kappa shape index (κ1) is 25.3. The molecule has 0 amide bonds. The van der Waals surface area contributed by atoms with E-state index in [0.717, 1.165) is 25.7 Å². The summed E-state index contributed by atoms with van der Waals surface area (Å²) in [6, 6.07) is 3.29. The zero-order valence-electron chi connectivity index (χ0n) is 16.0. The van der Waals surface area contributed by atoms with Crippen LogP contribution in [-0.2, 0) is 4.84 Å². The first-order chi connectivity index (χ1) is 13.5. The van der Waals surface area contributed by atoms with Gasteiger partial charge in [-0.1, -0.05) is 72.2 Å². The van der Waals surface area contributed by atoms with E-state index in [9.17, 15) is 0 Å². The highest BCUT2D eigenvalue weighted by molar-refractivity contribution is 6.55. The smallest absolute Gasteiger partial charge is 0.156 e. The molecule has 0 heterocycles. The first-order valence-electron chi connectivity index (χ1n) is 9.32. The molecule has 8 heteroatoms. The number of halogens is 4. The third-order valence-corrected chi connectivity index (χ3v) is 4.46. The number of nitrogens with one attached hydrogen (secondary N) is 1. The highest BCUT2D eigenvalue weighted by Crippen LogP contribution is 2.37. The van der Waals surface area contributed by atoms with Crippen molar-refractivity contribution in [3.05, 3.63) is 45.0 Å². The normalized spacial score (nSPS) is 10.9. The van der Waals surface area contributed by atoms with Gasteiger partial charge in [0.1, 0.15) is 16.8 Å². The van der Waals surface area contributed by atoms with Crippen LogP contribution in [0.3, 0.4) is 0 Å². The number of allylic oxidation sites excluding steroid dienone is 1. The molecule has 1 aromatic carbocycles. The molecule has 0 aliphatic carbocycles. The van der Waals surface area contributed by atoms with Crippen LogP contribution in [0.2, 0.25) is 10.0 Å². The van der Waals surface area contributed by atoms with Crippen molar-refractivity contribution < 1.29 is 14.3 Å².